The Hall–Kier alpha value is -1.55. The van der Waals surface area contributed by atoms with Crippen LogP contribution in [0, 0.1) is 23.7 Å². The van der Waals surface area contributed by atoms with Crippen LogP contribution in [0.3, 0.4) is 0 Å². The molecule has 4 heteroatoms. The van der Waals surface area contributed by atoms with E-state index in [0.29, 0.717) is 0 Å². The van der Waals surface area contributed by atoms with Crippen LogP contribution in [-0.4, -0.2) is 18.6 Å². The van der Waals surface area contributed by atoms with Crippen molar-refractivity contribution in [3.63, 3.8) is 0 Å². The van der Waals surface area contributed by atoms with Gasteiger partial charge in [-0.3, -0.25) is 4.79 Å². The van der Waals surface area contributed by atoms with Crippen LogP contribution in [0.5, 0.6) is 5.75 Å². The zero-order chi connectivity index (χ0) is 14.0. The van der Waals surface area contributed by atoms with Crippen LogP contribution in [0.4, 0.5) is 5.69 Å². The molecule has 4 nitrogen and oxygen atoms in total. The van der Waals surface area contributed by atoms with Gasteiger partial charge in [-0.1, -0.05) is 6.07 Å². The molecule has 0 saturated heterocycles. The maximum atomic E-state index is 11.4. The Bertz CT molecular complexity index is 599. The minimum Gasteiger partial charge on any atom is -0.482 e. The molecule has 2 N–H and O–H groups in total. The first-order valence-electron chi connectivity index (χ1n) is 8.08. The van der Waals surface area contributed by atoms with E-state index in [1.807, 2.05) is 12.1 Å². The number of amides is 1. The quantitative estimate of drug-likeness (QED) is 0.894. The summed E-state index contributed by atoms with van der Waals surface area (Å²) >= 11 is 0. The Morgan fingerprint density at radius 3 is 2.86 bits per heavy atom. The van der Waals surface area contributed by atoms with Crippen molar-refractivity contribution in [1.29, 1.82) is 0 Å². The van der Waals surface area contributed by atoms with Crippen LogP contribution in [0.25, 0.3) is 0 Å². The summed E-state index contributed by atoms with van der Waals surface area (Å²) in [4.78, 5) is 11.4. The highest BCUT2D eigenvalue weighted by atomic mass is 16.5. The molecule has 1 aromatic carbocycles. The van der Waals surface area contributed by atoms with Gasteiger partial charge in [0.15, 0.2) is 6.61 Å². The summed E-state index contributed by atoms with van der Waals surface area (Å²) in [5, 5.41) is 6.62. The third-order valence-electron chi connectivity index (χ3n) is 5.95. The average Bonchev–Trinajstić information content (AvgIpc) is 2.87. The summed E-state index contributed by atoms with van der Waals surface area (Å²) in [6, 6.07) is 6.84. The van der Waals surface area contributed by atoms with Gasteiger partial charge in [-0.2, -0.15) is 0 Å². The van der Waals surface area contributed by atoms with Crippen molar-refractivity contribution in [3.8, 4) is 5.75 Å². The lowest BCUT2D eigenvalue weighted by atomic mass is 10.0. The van der Waals surface area contributed by atoms with Gasteiger partial charge in [0, 0.05) is 12.6 Å². The molecule has 5 rings (SSSR count). The molecule has 4 unspecified atom stereocenters. The standard InChI is InChI=1S/C17H20N2O2/c20-14-8-21-13-4-1-9(5-12(13)19-14)7-18-17-15-10-2-3-11(6-10)16(15)17/h1,4-5,10-11,15-18H,2-3,6-8H2,(H,19,20). The summed E-state index contributed by atoms with van der Waals surface area (Å²) in [6.45, 7) is 1.01. The van der Waals surface area contributed by atoms with Gasteiger partial charge in [-0.05, 0) is 60.6 Å². The second kappa shape index (κ2) is 4.23. The monoisotopic (exact) mass is 284 g/mol. The number of fused-ring (bicyclic) bond motifs is 6. The first-order chi connectivity index (χ1) is 10.3. The van der Waals surface area contributed by atoms with Crippen molar-refractivity contribution in [2.24, 2.45) is 23.7 Å². The Morgan fingerprint density at radius 1 is 1.24 bits per heavy atom. The molecule has 1 amide bonds. The molecule has 4 aliphatic rings. The minimum atomic E-state index is -0.0686. The zero-order valence-electron chi connectivity index (χ0n) is 12.0. The molecule has 3 aliphatic carbocycles. The van der Waals surface area contributed by atoms with Gasteiger partial charge in [0.05, 0.1) is 5.69 Å². The minimum absolute atomic E-state index is 0.0686. The van der Waals surface area contributed by atoms with Crippen molar-refractivity contribution in [2.45, 2.75) is 31.8 Å². The van der Waals surface area contributed by atoms with E-state index in [2.05, 4.69) is 16.7 Å². The van der Waals surface area contributed by atoms with E-state index < -0.39 is 0 Å². The van der Waals surface area contributed by atoms with E-state index in [9.17, 15) is 4.79 Å². The van der Waals surface area contributed by atoms with E-state index in [1.54, 1.807) is 0 Å². The zero-order valence-corrected chi connectivity index (χ0v) is 12.0. The summed E-state index contributed by atoms with van der Waals surface area (Å²) < 4.78 is 5.39. The lowest BCUT2D eigenvalue weighted by molar-refractivity contribution is -0.118. The van der Waals surface area contributed by atoms with E-state index in [-0.39, 0.29) is 12.5 Å². The SMILES string of the molecule is O=C1COc2ccc(CNC3C4C5CCC(C5)C34)cc2N1. The third-order valence-corrected chi connectivity index (χ3v) is 5.95. The summed E-state index contributed by atoms with van der Waals surface area (Å²) in [7, 11) is 0. The van der Waals surface area contributed by atoms with Crippen molar-refractivity contribution >= 4 is 11.6 Å². The van der Waals surface area contributed by atoms with Crippen molar-refractivity contribution in [1.82, 2.24) is 5.32 Å². The highest BCUT2D eigenvalue weighted by Crippen LogP contribution is 2.65. The largest absolute Gasteiger partial charge is 0.482 e. The van der Waals surface area contributed by atoms with Crippen molar-refractivity contribution in [2.75, 3.05) is 11.9 Å². The predicted octanol–water partition coefficient (Wildman–Crippen LogP) is 2.15. The highest BCUT2D eigenvalue weighted by molar-refractivity contribution is 5.95. The first-order valence-corrected chi connectivity index (χ1v) is 8.08. The molecule has 21 heavy (non-hydrogen) atoms. The van der Waals surface area contributed by atoms with Crippen LogP contribution in [0.15, 0.2) is 18.2 Å². The molecule has 1 aliphatic heterocycles. The van der Waals surface area contributed by atoms with Gasteiger partial charge in [0.1, 0.15) is 5.75 Å². The van der Waals surface area contributed by atoms with Gasteiger partial charge in [0.2, 0.25) is 0 Å². The number of hydrogen-bond acceptors (Lipinski definition) is 3. The molecule has 0 spiro atoms. The predicted molar refractivity (Wildman–Crippen MR) is 79.0 cm³/mol. The van der Waals surface area contributed by atoms with Crippen LogP contribution < -0.4 is 15.4 Å². The number of ether oxygens (including phenoxy) is 1. The normalized spacial score (nSPS) is 38.5. The van der Waals surface area contributed by atoms with Crippen molar-refractivity contribution in [3.05, 3.63) is 23.8 Å². The molecule has 3 saturated carbocycles. The molecular formula is C17H20N2O2. The number of hydrogen-bond donors (Lipinski definition) is 2. The molecule has 2 bridgehead atoms. The highest BCUT2D eigenvalue weighted by Gasteiger charge is 2.64. The Morgan fingerprint density at radius 2 is 2.05 bits per heavy atom. The number of carbonyl (C=O) groups excluding carboxylic acids is 1. The molecular weight excluding hydrogens is 264 g/mol. The Labute approximate surface area is 124 Å². The van der Waals surface area contributed by atoms with Gasteiger partial charge >= 0.3 is 0 Å². The Kier molecular flexibility index (Phi) is 2.42. The summed E-state index contributed by atoms with van der Waals surface area (Å²) in [5.41, 5.74) is 2.03. The van der Waals surface area contributed by atoms with E-state index in [0.717, 1.165) is 47.7 Å². The van der Waals surface area contributed by atoms with Gasteiger partial charge < -0.3 is 15.4 Å². The second-order valence-electron chi connectivity index (χ2n) is 7.06. The van der Waals surface area contributed by atoms with Gasteiger partial charge in [-0.25, -0.2) is 0 Å². The topological polar surface area (TPSA) is 50.4 Å². The average molecular weight is 284 g/mol. The number of rotatable bonds is 3. The molecule has 0 radical (unpaired) electrons. The number of carbonyl (C=O) groups is 1. The lowest BCUT2D eigenvalue weighted by Gasteiger charge is -2.19. The summed E-state index contributed by atoms with van der Waals surface area (Å²) in [5.74, 6) is 4.65. The van der Waals surface area contributed by atoms with Crippen LogP contribution in [-0.2, 0) is 11.3 Å². The van der Waals surface area contributed by atoms with Crippen molar-refractivity contribution < 1.29 is 9.53 Å². The van der Waals surface area contributed by atoms with E-state index in [4.69, 9.17) is 4.74 Å². The van der Waals surface area contributed by atoms with Gasteiger partial charge in [-0.15, -0.1) is 0 Å². The molecule has 1 heterocycles. The van der Waals surface area contributed by atoms with Crippen LogP contribution >= 0.6 is 0 Å². The fourth-order valence-corrected chi connectivity index (χ4v) is 5.07. The second-order valence-corrected chi connectivity index (χ2v) is 7.06. The fourth-order valence-electron chi connectivity index (χ4n) is 5.07. The first kappa shape index (κ1) is 12.0. The van der Waals surface area contributed by atoms with E-state index in [1.165, 1.54) is 24.8 Å². The number of nitrogens with one attached hydrogen (secondary N) is 2. The Balaban J connectivity index is 1.26. The smallest absolute Gasteiger partial charge is 0.262 e. The maximum absolute atomic E-state index is 11.4. The van der Waals surface area contributed by atoms with Crippen LogP contribution in [0.1, 0.15) is 24.8 Å². The molecule has 1 aromatic rings. The molecule has 4 atom stereocenters. The van der Waals surface area contributed by atoms with E-state index >= 15 is 0 Å². The number of anilines is 1. The molecule has 110 valence electrons. The fraction of sp³-hybridized carbons (Fsp3) is 0.588. The van der Waals surface area contributed by atoms with Crippen LogP contribution in [0.2, 0.25) is 0 Å². The molecule has 3 fully saturated rings. The van der Waals surface area contributed by atoms with Gasteiger partial charge in [0.25, 0.3) is 5.91 Å². The summed E-state index contributed by atoms with van der Waals surface area (Å²) in [6.07, 6.45) is 4.42. The molecule has 0 aromatic heterocycles. The maximum Gasteiger partial charge on any atom is 0.262 e. The lowest BCUT2D eigenvalue weighted by Crippen LogP contribution is -2.26. The third kappa shape index (κ3) is 1.81. The number of benzene rings is 1.